The quantitative estimate of drug-likeness (QED) is 0.728. The Kier molecular flexibility index (Phi) is 4.70. The normalized spacial score (nSPS) is 17.0. The van der Waals surface area contributed by atoms with Crippen molar-refractivity contribution in [2.75, 3.05) is 44.6 Å². The Morgan fingerprint density at radius 1 is 1.41 bits per heavy atom. The van der Waals surface area contributed by atoms with Crippen molar-refractivity contribution in [1.82, 2.24) is 20.4 Å². The van der Waals surface area contributed by atoms with Crippen LogP contribution in [0.1, 0.15) is 12.0 Å². The number of nitrogens with one attached hydrogen (secondary N) is 2. The highest BCUT2D eigenvalue weighted by atomic mass is 15.2. The zero-order valence-electron chi connectivity index (χ0n) is 10.4. The number of nitrogens with zero attached hydrogens (tertiary/aromatic N) is 3. The molecule has 5 nitrogen and oxygen atoms in total. The van der Waals surface area contributed by atoms with E-state index in [2.05, 4.69) is 25.7 Å². The predicted octanol–water partition coefficient (Wildman–Crippen LogP) is 0.492. The summed E-state index contributed by atoms with van der Waals surface area (Å²) in [4.78, 5) is 2.50. The van der Waals surface area contributed by atoms with E-state index in [1.807, 2.05) is 13.0 Å². The van der Waals surface area contributed by atoms with E-state index in [1.165, 1.54) is 13.1 Å². The molecule has 0 spiro atoms. The van der Waals surface area contributed by atoms with Gasteiger partial charge in [-0.25, -0.2) is 0 Å². The number of piperazine rings is 1. The lowest BCUT2D eigenvalue weighted by Gasteiger charge is -2.27. The molecule has 2 rings (SSSR count). The van der Waals surface area contributed by atoms with Crippen LogP contribution >= 0.6 is 0 Å². The Hall–Kier alpha value is -1.20. The highest BCUT2D eigenvalue weighted by molar-refractivity contribution is 5.34. The smallest absolute Gasteiger partial charge is 0.148 e. The second-order valence-electron chi connectivity index (χ2n) is 4.49. The zero-order chi connectivity index (χ0) is 11.9. The molecule has 2 heterocycles. The van der Waals surface area contributed by atoms with E-state index in [0.29, 0.717) is 0 Å². The highest BCUT2D eigenvalue weighted by Gasteiger charge is 2.08. The van der Waals surface area contributed by atoms with E-state index in [-0.39, 0.29) is 0 Å². The van der Waals surface area contributed by atoms with E-state index in [0.717, 1.165) is 44.0 Å². The monoisotopic (exact) mass is 235 g/mol. The molecule has 0 unspecified atom stereocenters. The highest BCUT2D eigenvalue weighted by Crippen LogP contribution is 2.03. The fourth-order valence-corrected chi connectivity index (χ4v) is 2.00. The molecule has 1 aromatic heterocycles. The van der Waals surface area contributed by atoms with Crippen molar-refractivity contribution in [1.29, 1.82) is 0 Å². The summed E-state index contributed by atoms with van der Waals surface area (Å²) in [5.74, 6) is 0.880. The second-order valence-corrected chi connectivity index (χ2v) is 4.49. The molecular weight excluding hydrogens is 214 g/mol. The van der Waals surface area contributed by atoms with Gasteiger partial charge in [0.1, 0.15) is 5.82 Å². The first kappa shape index (κ1) is 12.3. The van der Waals surface area contributed by atoms with Crippen LogP contribution < -0.4 is 10.6 Å². The Morgan fingerprint density at radius 3 is 3.00 bits per heavy atom. The van der Waals surface area contributed by atoms with Gasteiger partial charge in [-0.1, -0.05) is 0 Å². The van der Waals surface area contributed by atoms with Crippen molar-refractivity contribution in [3.8, 4) is 0 Å². The molecule has 1 aliphatic rings. The Balaban J connectivity index is 1.62. The van der Waals surface area contributed by atoms with Crippen molar-refractivity contribution in [2.24, 2.45) is 0 Å². The standard InChI is InChI=1S/C12H21N5/c1-11-9-12(16-15-10-11)14-3-2-6-17-7-4-13-5-8-17/h9-10,13H,2-8H2,1H3,(H,14,16). The first-order chi connectivity index (χ1) is 8.34. The third-order valence-corrected chi connectivity index (χ3v) is 2.96. The van der Waals surface area contributed by atoms with E-state index in [4.69, 9.17) is 0 Å². The molecule has 2 N–H and O–H groups in total. The molecule has 0 radical (unpaired) electrons. The van der Waals surface area contributed by atoms with Crippen LogP contribution in [0.3, 0.4) is 0 Å². The number of hydrogen-bond acceptors (Lipinski definition) is 5. The molecule has 0 saturated carbocycles. The lowest BCUT2D eigenvalue weighted by Crippen LogP contribution is -2.44. The summed E-state index contributed by atoms with van der Waals surface area (Å²) in [6, 6.07) is 2.03. The van der Waals surface area contributed by atoms with Gasteiger partial charge >= 0.3 is 0 Å². The molecule has 0 amide bonds. The lowest BCUT2D eigenvalue weighted by atomic mass is 10.3. The molecule has 0 atom stereocenters. The van der Waals surface area contributed by atoms with Gasteiger partial charge in [-0.2, -0.15) is 5.10 Å². The summed E-state index contributed by atoms with van der Waals surface area (Å²) < 4.78 is 0. The molecule has 94 valence electrons. The lowest BCUT2D eigenvalue weighted by molar-refractivity contribution is 0.240. The molecule has 1 aromatic rings. The van der Waals surface area contributed by atoms with Crippen LogP contribution in [0.2, 0.25) is 0 Å². The van der Waals surface area contributed by atoms with E-state index in [9.17, 15) is 0 Å². The molecule has 0 aliphatic carbocycles. The van der Waals surface area contributed by atoms with Crippen molar-refractivity contribution in [3.63, 3.8) is 0 Å². The van der Waals surface area contributed by atoms with E-state index >= 15 is 0 Å². The maximum Gasteiger partial charge on any atom is 0.148 e. The minimum atomic E-state index is 0.880. The largest absolute Gasteiger partial charge is 0.369 e. The number of anilines is 1. The van der Waals surface area contributed by atoms with E-state index in [1.54, 1.807) is 6.20 Å². The topological polar surface area (TPSA) is 53.1 Å². The van der Waals surface area contributed by atoms with Crippen molar-refractivity contribution >= 4 is 5.82 Å². The molecule has 17 heavy (non-hydrogen) atoms. The number of aromatic nitrogens is 2. The van der Waals surface area contributed by atoms with Crippen LogP contribution in [0.15, 0.2) is 12.3 Å². The van der Waals surface area contributed by atoms with Gasteiger partial charge in [0.2, 0.25) is 0 Å². The maximum atomic E-state index is 4.04. The molecule has 5 heteroatoms. The SMILES string of the molecule is Cc1cnnc(NCCCN2CCNCC2)c1. The summed E-state index contributed by atoms with van der Waals surface area (Å²) in [6.07, 6.45) is 2.92. The average molecular weight is 235 g/mol. The first-order valence-corrected chi connectivity index (χ1v) is 6.31. The van der Waals surface area contributed by atoms with Crippen LogP contribution in [-0.2, 0) is 0 Å². The Morgan fingerprint density at radius 2 is 2.24 bits per heavy atom. The van der Waals surface area contributed by atoms with Crippen molar-refractivity contribution in [3.05, 3.63) is 17.8 Å². The Labute approximate surface area is 103 Å². The summed E-state index contributed by atoms with van der Waals surface area (Å²) in [5.41, 5.74) is 1.14. The number of rotatable bonds is 5. The zero-order valence-corrected chi connectivity index (χ0v) is 10.4. The van der Waals surface area contributed by atoms with Crippen LogP contribution in [0, 0.1) is 6.92 Å². The van der Waals surface area contributed by atoms with Crippen LogP contribution in [0.5, 0.6) is 0 Å². The van der Waals surface area contributed by atoms with Gasteiger partial charge in [0, 0.05) is 32.7 Å². The average Bonchev–Trinajstić information content (AvgIpc) is 2.36. The molecule has 1 saturated heterocycles. The minimum Gasteiger partial charge on any atom is -0.369 e. The molecule has 1 aliphatic heterocycles. The van der Waals surface area contributed by atoms with Gasteiger partial charge in [0.25, 0.3) is 0 Å². The molecule has 0 aromatic carbocycles. The van der Waals surface area contributed by atoms with Gasteiger partial charge < -0.3 is 15.5 Å². The summed E-state index contributed by atoms with van der Waals surface area (Å²) in [5, 5.41) is 14.6. The molecule has 0 bridgehead atoms. The van der Waals surface area contributed by atoms with Gasteiger partial charge in [0.15, 0.2) is 0 Å². The van der Waals surface area contributed by atoms with E-state index < -0.39 is 0 Å². The Bertz CT molecular complexity index is 335. The number of hydrogen-bond donors (Lipinski definition) is 2. The van der Waals surface area contributed by atoms with Gasteiger partial charge in [-0.05, 0) is 31.5 Å². The third kappa shape index (κ3) is 4.28. The van der Waals surface area contributed by atoms with Crippen molar-refractivity contribution in [2.45, 2.75) is 13.3 Å². The second kappa shape index (κ2) is 6.51. The van der Waals surface area contributed by atoms with Gasteiger partial charge in [-0.15, -0.1) is 5.10 Å². The predicted molar refractivity (Wildman–Crippen MR) is 69.2 cm³/mol. The minimum absolute atomic E-state index is 0.880. The fourth-order valence-electron chi connectivity index (χ4n) is 2.00. The van der Waals surface area contributed by atoms with Crippen LogP contribution in [-0.4, -0.2) is 54.4 Å². The van der Waals surface area contributed by atoms with Gasteiger partial charge in [0.05, 0.1) is 6.20 Å². The molecular formula is C12H21N5. The number of aryl methyl sites for hydroxylation is 1. The molecule has 1 fully saturated rings. The summed E-state index contributed by atoms with van der Waals surface area (Å²) >= 11 is 0. The third-order valence-electron chi connectivity index (χ3n) is 2.96. The fraction of sp³-hybridized carbons (Fsp3) is 0.667. The summed E-state index contributed by atoms with van der Waals surface area (Å²) in [7, 11) is 0. The van der Waals surface area contributed by atoms with Crippen LogP contribution in [0.25, 0.3) is 0 Å². The van der Waals surface area contributed by atoms with Crippen LogP contribution in [0.4, 0.5) is 5.82 Å². The summed E-state index contributed by atoms with van der Waals surface area (Å²) in [6.45, 7) is 8.73. The van der Waals surface area contributed by atoms with Crippen molar-refractivity contribution < 1.29 is 0 Å². The van der Waals surface area contributed by atoms with Gasteiger partial charge in [-0.3, -0.25) is 0 Å². The first-order valence-electron chi connectivity index (χ1n) is 6.31. The maximum absolute atomic E-state index is 4.04.